The Morgan fingerprint density at radius 1 is 1.42 bits per heavy atom. The Bertz CT molecular complexity index is 434. The number of halogens is 1. The fourth-order valence-corrected chi connectivity index (χ4v) is 2.46. The van der Waals surface area contributed by atoms with Crippen LogP contribution in [0, 0.1) is 11.7 Å². The molecule has 0 atom stereocenters. The van der Waals surface area contributed by atoms with Gasteiger partial charge in [-0.2, -0.15) is 0 Å². The summed E-state index contributed by atoms with van der Waals surface area (Å²) < 4.78 is 23.9. The highest BCUT2D eigenvalue weighted by molar-refractivity contribution is 5.69. The van der Waals surface area contributed by atoms with Crippen molar-refractivity contribution in [2.24, 2.45) is 5.92 Å². The molecule has 0 aromatic heterocycles. The van der Waals surface area contributed by atoms with Gasteiger partial charge in [-0.05, 0) is 18.8 Å². The fraction of sp³-hybridized carbons (Fsp3) is 0.571. The second-order valence-corrected chi connectivity index (χ2v) is 4.98. The molecule has 0 aliphatic carbocycles. The van der Waals surface area contributed by atoms with Gasteiger partial charge in [-0.15, -0.1) is 0 Å². The molecule has 2 rings (SSSR count). The van der Waals surface area contributed by atoms with Gasteiger partial charge in [0.2, 0.25) is 0 Å². The first-order valence-corrected chi connectivity index (χ1v) is 6.53. The summed E-state index contributed by atoms with van der Waals surface area (Å²) in [4.78, 5) is 2.06. The van der Waals surface area contributed by atoms with Crippen LogP contribution in [0.1, 0.15) is 12.8 Å². The van der Waals surface area contributed by atoms with Crippen LogP contribution in [0.5, 0.6) is 5.75 Å². The molecule has 2 N–H and O–H groups in total. The van der Waals surface area contributed by atoms with Crippen molar-refractivity contribution in [3.63, 3.8) is 0 Å². The van der Waals surface area contributed by atoms with E-state index in [1.807, 2.05) is 7.05 Å². The Hall–Kier alpha value is -1.49. The molecule has 1 saturated heterocycles. The maximum Gasteiger partial charge on any atom is 0.167 e. The van der Waals surface area contributed by atoms with E-state index in [4.69, 9.17) is 15.2 Å². The van der Waals surface area contributed by atoms with Gasteiger partial charge in [-0.3, -0.25) is 0 Å². The number of nitrogens with two attached hydrogens (primary N) is 1. The van der Waals surface area contributed by atoms with Gasteiger partial charge in [0.15, 0.2) is 11.6 Å². The van der Waals surface area contributed by atoms with Crippen LogP contribution in [0.4, 0.5) is 15.8 Å². The molecular formula is C14H21FN2O2. The van der Waals surface area contributed by atoms with Crippen molar-refractivity contribution in [2.45, 2.75) is 12.8 Å². The van der Waals surface area contributed by atoms with Crippen molar-refractivity contribution in [1.82, 2.24) is 0 Å². The third-order valence-electron chi connectivity index (χ3n) is 3.59. The third kappa shape index (κ3) is 3.29. The quantitative estimate of drug-likeness (QED) is 0.851. The Kier molecular flexibility index (Phi) is 4.47. The van der Waals surface area contributed by atoms with E-state index in [2.05, 4.69) is 4.90 Å². The van der Waals surface area contributed by atoms with E-state index in [-0.39, 0.29) is 5.75 Å². The van der Waals surface area contributed by atoms with Crippen molar-refractivity contribution < 1.29 is 13.9 Å². The first kappa shape index (κ1) is 13.9. The van der Waals surface area contributed by atoms with Gasteiger partial charge in [-0.1, -0.05) is 0 Å². The average molecular weight is 268 g/mol. The molecule has 0 amide bonds. The van der Waals surface area contributed by atoms with Crippen LogP contribution in [0.2, 0.25) is 0 Å². The second kappa shape index (κ2) is 6.10. The number of hydrogen-bond donors (Lipinski definition) is 1. The minimum absolute atomic E-state index is 0.225. The lowest BCUT2D eigenvalue weighted by molar-refractivity contribution is 0.0685. The number of benzene rings is 1. The molecule has 106 valence electrons. The van der Waals surface area contributed by atoms with E-state index in [0.29, 0.717) is 11.6 Å². The zero-order valence-corrected chi connectivity index (χ0v) is 11.5. The number of ether oxygens (including phenoxy) is 2. The number of methoxy groups -OCH3 is 1. The SMILES string of the molecule is COc1cc(N(C)CC2CCOCC2)c(N)cc1F. The summed E-state index contributed by atoms with van der Waals surface area (Å²) in [6.45, 7) is 2.53. The van der Waals surface area contributed by atoms with Crippen LogP contribution in [-0.4, -0.2) is 33.9 Å². The molecule has 1 aliphatic heterocycles. The average Bonchev–Trinajstić information content (AvgIpc) is 2.40. The predicted octanol–water partition coefficient (Wildman–Crippen LogP) is 2.28. The topological polar surface area (TPSA) is 47.7 Å². The van der Waals surface area contributed by atoms with E-state index in [1.54, 1.807) is 6.07 Å². The van der Waals surface area contributed by atoms with E-state index < -0.39 is 5.82 Å². The first-order chi connectivity index (χ1) is 9.11. The summed E-state index contributed by atoms with van der Waals surface area (Å²) in [5.41, 5.74) is 7.14. The largest absolute Gasteiger partial charge is 0.494 e. The van der Waals surface area contributed by atoms with Crippen LogP contribution < -0.4 is 15.4 Å². The zero-order chi connectivity index (χ0) is 13.8. The third-order valence-corrected chi connectivity index (χ3v) is 3.59. The molecule has 0 bridgehead atoms. The van der Waals surface area contributed by atoms with Crippen LogP contribution >= 0.6 is 0 Å². The lowest BCUT2D eigenvalue weighted by Crippen LogP contribution is -2.30. The summed E-state index contributed by atoms with van der Waals surface area (Å²) in [6, 6.07) is 2.97. The normalized spacial score (nSPS) is 16.4. The number of hydrogen-bond acceptors (Lipinski definition) is 4. The molecule has 0 unspecified atom stereocenters. The van der Waals surface area contributed by atoms with Crippen LogP contribution in [0.25, 0.3) is 0 Å². The molecule has 1 aromatic carbocycles. The molecule has 19 heavy (non-hydrogen) atoms. The Morgan fingerprint density at radius 3 is 2.74 bits per heavy atom. The zero-order valence-electron chi connectivity index (χ0n) is 11.5. The highest BCUT2D eigenvalue weighted by atomic mass is 19.1. The van der Waals surface area contributed by atoms with Crippen molar-refractivity contribution in [2.75, 3.05) is 44.5 Å². The van der Waals surface area contributed by atoms with Crippen molar-refractivity contribution in [1.29, 1.82) is 0 Å². The van der Waals surface area contributed by atoms with Crippen LogP contribution in [0.3, 0.4) is 0 Å². The van der Waals surface area contributed by atoms with Crippen LogP contribution in [-0.2, 0) is 4.74 Å². The highest BCUT2D eigenvalue weighted by Gasteiger charge is 2.18. The Labute approximate surface area is 113 Å². The number of nitrogen functional groups attached to an aromatic ring is 1. The van der Waals surface area contributed by atoms with Gasteiger partial charge < -0.3 is 20.1 Å². The monoisotopic (exact) mass is 268 g/mol. The molecule has 1 fully saturated rings. The van der Waals surface area contributed by atoms with Gasteiger partial charge >= 0.3 is 0 Å². The van der Waals surface area contributed by atoms with E-state index in [9.17, 15) is 4.39 Å². The Morgan fingerprint density at radius 2 is 2.11 bits per heavy atom. The Balaban J connectivity index is 2.11. The van der Waals surface area contributed by atoms with E-state index >= 15 is 0 Å². The molecule has 4 nitrogen and oxygen atoms in total. The fourth-order valence-electron chi connectivity index (χ4n) is 2.46. The van der Waals surface area contributed by atoms with E-state index in [0.717, 1.165) is 38.3 Å². The van der Waals surface area contributed by atoms with Gasteiger partial charge in [0, 0.05) is 38.9 Å². The lowest BCUT2D eigenvalue weighted by Gasteiger charge is -2.29. The molecule has 0 saturated carbocycles. The summed E-state index contributed by atoms with van der Waals surface area (Å²) in [5.74, 6) is 0.389. The van der Waals surface area contributed by atoms with Crippen LogP contribution in [0.15, 0.2) is 12.1 Å². The predicted molar refractivity (Wildman–Crippen MR) is 74.2 cm³/mol. The van der Waals surface area contributed by atoms with E-state index in [1.165, 1.54) is 13.2 Å². The summed E-state index contributed by atoms with van der Waals surface area (Å²) >= 11 is 0. The molecular weight excluding hydrogens is 247 g/mol. The molecule has 0 radical (unpaired) electrons. The molecule has 1 aliphatic rings. The smallest absolute Gasteiger partial charge is 0.167 e. The molecule has 1 aromatic rings. The lowest BCUT2D eigenvalue weighted by atomic mass is 9.99. The van der Waals surface area contributed by atoms with Crippen molar-refractivity contribution in [3.05, 3.63) is 17.9 Å². The summed E-state index contributed by atoms with van der Waals surface area (Å²) in [5, 5.41) is 0. The summed E-state index contributed by atoms with van der Waals surface area (Å²) in [6.07, 6.45) is 2.12. The van der Waals surface area contributed by atoms with Crippen molar-refractivity contribution in [3.8, 4) is 5.75 Å². The maximum absolute atomic E-state index is 13.5. The maximum atomic E-state index is 13.5. The molecule has 1 heterocycles. The standard InChI is InChI=1S/C14H21FN2O2/c1-17(9-10-3-5-19-6-4-10)13-8-14(18-2)11(15)7-12(13)16/h7-8,10H,3-6,9,16H2,1-2H3. The van der Waals surface area contributed by atoms with Gasteiger partial charge in [-0.25, -0.2) is 4.39 Å². The molecule has 0 spiro atoms. The van der Waals surface area contributed by atoms with Crippen molar-refractivity contribution >= 4 is 11.4 Å². The summed E-state index contributed by atoms with van der Waals surface area (Å²) in [7, 11) is 3.43. The second-order valence-electron chi connectivity index (χ2n) is 4.98. The van der Waals surface area contributed by atoms with Gasteiger partial charge in [0.05, 0.1) is 18.5 Å². The minimum Gasteiger partial charge on any atom is -0.494 e. The number of nitrogens with zero attached hydrogens (tertiary/aromatic N) is 1. The number of anilines is 2. The van der Waals surface area contributed by atoms with Gasteiger partial charge in [0.25, 0.3) is 0 Å². The van der Waals surface area contributed by atoms with Gasteiger partial charge in [0.1, 0.15) is 0 Å². The first-order valence-electron chi connectivity index (χ1n) is 6.53. The minimum atomic E-state index is -0.428. The highest BCUT2D eigenvalue weighted by Crippen LogP contribution is 2.31. The molecule has 5 heteroatoms. The number of rotatable bonds is 4.